The molecule has 1 N–H and O–H groups in total. The monoisotopic (exact) mass is 420 g/mol. The molecule has 2 aromatic carbocycles. The SMILES string of the molecule is O=C(CCOc1cccc(Cl)c1Cl)NCc1cccc(CN2CCCC2=O)c1. The number of nitrogens with one attached hydrogen (secondary N) is 1. The van der Waals surface area contributed by atoms with Gasteiger partial charge in [-0.15, -0.1) is 0 Å². The lowest BCUT2D eigenvalue weighted by molar-refractivity contribution is -0.128. The van der Waals surface area contributed by atoms with E-state index >= 15 is 0 Å². The fraction of sp³-hybridized carbons (Fsp3) is 0.333. The summed E-state index contributed by atoms with van der Waals surface area (Å²) in [6, 6.07) is 13.1. The van der Waals surface area contributed by atoms with Gasteiger partial charge in [0.05, 0.1) is 18.1 Å². The van der Waals surface area contributed by atoms with E-state index in [4.69, 9.17) is 27.9 Å². The van der Waals surface area contributed by atoms with E-state index in [2.05, 4.69) is 5.32 Å². The first kappa shape index (κ1) is 20.5. The zero-order chi connectivity index (χ0) is 19.9. The minimum Gasteiger partial charge on any atom is -0.491 e. The molecule has 1 saturated heterocycles. The highest BCUT2D eigenvalue weighted by molar-refractivity contribution is 6.42. The van der Waals surface area contributed by atoms with Gasteiger partial charge in [-0.1, -0.05) is 53.5 Å². The third kappa shape index (κ3) is 5.63. The van der Waals surface area contributed by atoms with Crippen LogP contribution >= 0.6 is 23.2 Å². The number of carbonyl (C=O) groups excluding carboxylic acids is 2. The standard InChI is InChI=1S/C21H22Cl2N2O3/c22-17-6-2-7-18(21(17)23)28-11-9-19(26)24-13-15-4-1-5-16(12-15)14-25-10-3-8-20(25)27/h1-2,4-7,12H,3,8-11,13-14H2,(H,24,26). The van der Waals surface area contributed by atoms with Crippen LogP contribution in [0, 0.1) is 0 Å². The van der Waals surface area contributed by atoms with E-state index < -0.39 is 0 Å². The summed E-state index contributed by atoms with van der Waals surface area (Å²) >= 11 is 12.0. The summed E-state index contributed by atoms with van der Waals surface area (Å²) in [6.07, 6.45) is 1.78. The largest absolute Gasteiger partial charge is 0.491 e. The normalized spacial score (nSPS) is 13.6. The van der Waals surface area contributed by atoms with Crippen LogP contribution in [0.1, 0.15) is 30.4 Å². The van der Waals surface area contributed by atoms with Crippen molar-refractivity contribution in [3.8, 4) is 5.75 Å². The zero-order valence-corrected chi connectivity index (χ0v) is 16.9. The Morgan fingerprint density at radius 3 is 2.71 bits per heavy atom. The molecular weight excluding hydrogens is 399 g/mol. The molecule has 1 heterocycles. The van der Waals surface area contributed by atoms with Crippen molar-refractivity contribution >= 4 is 35.0 Å². The number of hydrogen-bond donors (Lipinski definition) is 1. The Kier molecular flexibility index (Phi) is 7.18. The maximum Gasteiger partial charge on any atom is 0.223 e. The van der Waals surface area contributed by atoms with Gasteiger partial charge in [0, 0.05) is 26.1 Å². The van der Waals surface area contributed by atoms with Gasteiger partial charge in [0.25, 0.3) is 0 Å². The van der Waals surface area contributed by atoms with Gasteiger partial charge < -0.3 is 15.0 Å². The summed E-state index contributed by atoms with van der Waals surface area (Å²) in [7, 11) is 0. The van der Waals surface area contributed by atoms with Crippen molar-refractivity contribution in [1.82, 2.24) is 10.2 Å². The third-order valence-corrected chi connectivity index (χ3v) is 5.33. The van der Waals surface area contributed by atoms with Gasteiger partial charge in [-0.25, -0.2) is 0 Å². The molecule has 0 unspecified atom stereocenters. The lowest BCUT2D eigenvalue weighted by atomic mass is 10.1. The number of nitrogens with zero attached hydrogens (tertiary/aromatic N) is 1. The predicted molar refractivity (Wildman–Crippen MR) is 110 cm³/mol. The van der Waals surface area contributed by atoms with Crippen molar-refractivity contribution in [1.29, 1.82) is 0 Å². The number of rotatable bonds is 8. The average molecular weight is 421 g/mol. The molecule has 0 spiro atoms. The topological polar surface area (TPSA) is 58.6 Å². The third-order valence-electron chi connectivity index (χ3n) is 4.53. The van der Waals surface area contributed by atoms with Crippen LogP contribution in [0.15, 0.2) is 42.5 Å². The molecule has 28 heavy (non-hydrogen) atoms. The molecule has 0 saturated carbocycles. The Balaban J connectivity index is 1.43. The number of ether oxygens (including phenoxy) is 1. The number of carbonyl (C=O) groups is 2. The van der Waals surface area contributed by atoms with Gasteiger partial charge in [0.2, 0.25) is 11.8 Å². The van der Waals surface area contributed by atoms with Crippen LogP contribution in [0.3, 0.4) is 0 Å². The Bertz CT molecular complexity index is 857. The van der Waals surface area contributed by atoms with E-state index in [-0.39, 0.29) is 24.8 Å². The fourth-order valence-electron chi connectivity index (χ4n) is 3.07. The lowest BCUT2D eigenvalue weighted by Gasteiger charge is -2.16. The minimum absolute atomic E-state index is 0.113. The molecule has 0 radical (unpaired) electrons. The van der Waals surface area contributed by atoms with Gasteiger partial charge in [0.15, 0.2) is 0 Å². The average Bonchev–Trinajstić information content (AvgIpc) is 3.08. The second-order valence-corrected chi connectivity index (χ2v) is 7.45. The number of likely N-dealkylation sites (tertiary alicyclic amines) is 1. The first-order valence-electron chi connectivity index (χ1n) is 9.22. The number of halogens is 2. The van der Waals surface area contributed by atoms with Gasteiger partial charge in [-0.2, -0.15) is 0 Å². The zero-order valence-electron chi connectivity index (χ0n) is 15.4. The van der Waals surface area contributed by atoms with Crippen LogP contribution in [0.5, 0.6) is 5.75 Å². The molecule has 3 rings (SSSR count). The predicted octanol–water partition coefficient (Wildman–Crippen LogP) is 4.20. The van der Waals surface area contributed by atoms with Gasteiger partial charge in [-0.05, 0) is 29.7 Å². The maximum atomic E-state index is 12.1. The summed E-state index contributed by atoms with van der Waals surface area (Å²) < 4.78 is 5.53. The highest BCUT2D eigenvalue weighted by atomic mass is 35.5. The maximum absolute atomic E-state index is 12.1. The molecule has 1 fully saturated rings. The van der Waals surface area contributed by atoms with Crippen molar-refractivity contribution < 1.29 is 14.3 Å². The fourth-order valence-corrected chi connectivity index (χ4v) is 3.41. The summed E-state index contributed by atoms with van der Waals surface area (Å²) in [5, 5.41) is 3.64. The van der Waals surface area contributed by atoms with Crippen molar-refractivity contribution in [2.75, 3.05) is 13.2 Å². The van der Waals surface area contributed by atoms with Crippen molar-refractivity contribution in [2.45, 2.75) is 32.4 Å². The molecular formula is C21H22Cl2N2O3. The highest BCUT2D eigenvalue weighted by Gasteiger charge is 2.19. The minimum atomic E-state index is -0.113. The van der Waals surface area contributed by atoms with Gasteiger partial charge >= 0.3 is 0 Å². The quantitative estimate of drug-likeness (QED) is 0.695. The van der Waals surface area contributed by atoms with Gasteiger partial charge in [0.1, 0.15) is 10.8 Å². The summed E-state index contributed by atoms with van der Waals surface area (Å²) in [5.74, 6) is 0.558. The molecule has 148 valence electrons. The Morgan fingerprint density at radius 2 is 1.93 bits per heavy atom. The molecule has 0 aliphatic carbocycles. The lowest BCUT2D eigenvalue weighted by Crippen LogP contribution is -2.25. The van der Waals surface area contributed by atoms with Crippen molar-refractivity contribution in [3.05, 3.63) is 63.6 Å². The summed E-state index contributed by atoms with van der Waals surface area (Å²) in [4.78, 5) is 25.7. The van der Waals surface area contributed by atoms with Crippen molar-refractivity contribution in [3.63, 3.8) is 0 Å². The van der Waals surface area contributed by atoms with E-state index in [1.54, 1.807) is 18.2 Å². The van der Waals surface area contributed by atoms with E-state index in [1.165, 1.54) is 0 Å². The molecule has 0 atom stereocenters. The van der Waals surface area contributed by atoms with E-state index in [9.17, 15) is 9.59 Å². The van der Waals surface area contributed by atoms with Crippen LogP contribution < -0.4 is 10.1 Å². The molecule has 5 nitrogen and oxygen atoms in total. The first-order valence-corrected chi connectivity index (χ1v) is 9.97. The smallest absolute Gasteiger partial charge is 0.223 e. The molecule has 2 aromatic rings. The van der Waals surface area contributed by atoms with Crippen LogP contribution in [0.2, 0.25) is 10.0 Å². The van der Waals surface area contributed by atoms with E-state index in [1.807, 2.05) is 29.2 Å². The number of amides is 2. The molecule has 0 aromatic heterocycles. The van der Waals surface area contributed by atoms with Crippen molar-refractivity contribution in [2.24, 2.45) is 0 Å². The number of benzene rings is 2. The second kappa shape index (κ2) is 9.80. The first-order chi connectivity index (χ1) is 13.5. The van der Waals surface area contributed by atoms with Crippen LogP contribution in [-0.2, 0) is 22.7 Å². The molecule has 7 heteroatoms. The molecule has 1 aliphatic heterocycles. The van der Waals surface area contributed by atoms with E-state index in [0.717, 1.165) is 24.1 Å². The Hall–Kier alpha value is -2.24. The Morgan fingerprint density at radius 1 is 1.14 bits per heavy atom. The molecule has 1 aliphatic rings. The molecule has 0 bridgehead atoms. The highest BCUT2D eigenvalue weighted by Crippen LogP contribution is 2.31. The van der Waals surface area contributed by atoms with Crippen LogP contribution in [-0.4, -0.2) is 29.9 Å². The summed E-state index contributed by atoms with van der Waals surface area (Å²) in [5.41, 5.74) is 2.07. The molecule has 2 amide bonds. The van der Waals surface area contributed by atoms with Gasteiger partial charge in [-0.3, -0.25) is 9.59 Å². The Labute approximate surface area is 174 Å². The summed E-state index contributed by atoms with van der Waals surface area (Å²) in [6.45, 7) is 2.08. The van der Waals surface area contributed by atoms with Crippen LogP contribution in [0.4, 0.5) is 0 Å². The van der Waals surface area contributed by atoms with Crippen LogP contribution in [0.25, 0.3) is 0 Å². The second-order valence-electron chi connectivity index (χ2n) is 6.67. The number of hydrogen-bond acceptors (Lipinski definition) is 3. The van der Waals surface area contributed by atoms with E-state index in [0.29, 0.717) is 35.3 Å².